The maximum absolute atomic E-state index is 15.1. The summed E-state index contributed by atoms with van der Waals surface area (Å²) in [6, 6.07) is 2.74. The second-order valence-corrected chi connectivity index (χ2v) is 17.5. The lowest BCUT2D eigenvalue weighted by molar-refractivity contribution is -0.258. The lowest BCUT2D eigenvalue weighted by Crippen LogP contribution is -2.58. The molecular formula is C45H58N2O10. The van der Waals surface area contributed by atoms with Crippen LogP contribution in [-0.4, -0.2) is 80.2 Å². The zero-order valence-corrected chi connectivity index (χ0v) is 33.8. The average Bonchev–Trinajstić information content (AvgIpc) is 3.79. The second kappa shape index (κ2) is 15.5. The van der Waals surface area contributed by atoms with Crippen molar-refractivity contribution in [1.29, 1.82) is 0 Å². The number of ketones is 1. The molecule has 6 aliphatic rings. The molecule has 1 amide bonds. The van der Waals surface area contributed by atoms with Crippen LogP contribution >= 0.6 is 0 Å². The van der Waals surface area contributed by atoms with Crippen LogP contribution < -0.4 is 5.32 Å². The Bertz CT molecular complexity index is 1920. The molecule has 12 nitrogen and oxygen atoms in total. The van der Waals surface area contributed by atoms with E-state index in [0.717, 1.165) is 12.0 Å². The Balaban J connectivity index is 1.25. The first kappa shape index (κ1) is 40.9. The highest BCUT2D eigenvalue weighted by molar-refractivity contribution is 6.26. The number of allylic oxidation sites excluding steroid dienone is 5. The summed E-state index contributed by atoms with van der Waals surface area (Å²) in [7, 11) is 0. The summed E-state index contributed by atoms with van der Waals surface area (Å²) in [5.41, 5.74) is -2.93. The Hall–Kier alpha value is -4.26. The van der Waals surface area contributed by atoms with Gasteiger partial charge in [-0.25, -0.2) is 9.59 Å². The zero-order chi connectivity index (χ0) is 41.0. The van der Waals surface area contributed by atoms with Gasteiger partial charge in [0, 0.05) is 35.9 Å². The zero-order valence-electron chi connectivity index (χ0n) is 33.8. The molecule has 0 radical (unpaired) electrons. The summed E-state index contributed by atoms with van der Waals surface area (Å²) < 4.78 is 19.4. The van der Waals surface area contributed by atoms with Gasteiger partial charge in [0.15, 0.2) is 11.9 Å². The third kappa shape index (κ3) is 6.75. The van der Waals surface area contributed by atoms with E-state index >= 15 is 4.79 Å². The Labute approximate surface area is 334 Å². The molecule has 1 spiro atoms. The van der Waals surface area contributed by atoms with E-state index in [1.807, 2.05) is 26.8 Å². The number of carbonyl (C=O) groups is 4. The van der Waals surface area contributed by atoms with E-state index in [-0.39, 0.29) is 65.4 Å². The molecule has 1 aromatic rings. The summed E-state index contributed by atoms with van der Waals surface area (Å²) in [5, 5.41) is 37.2. The molecule has 1 saturated carbocycles. The molecule has 7 rings (SSSR count). The number of hydrogen-bond acceptors (Lipinski definition) is 9. The van der Waals surface area contributed by atoms with Crippen LogP contribution in [0.4, 0.5) is 0 Å². The molecule has 3 heterocycles. The van der Waals surface area contributed by atoms with Crippen LogP contribution in [0.1, 0.15) is 103 Å². The van der Waals surface area contributed by atoms with Crippen molar-refractivity contribution in [2.75, 3.05) is 0 Å². The molecule has 12 heteroatoms. The van der Waals surface area contributed by atoms with Crippen LogP contribution in [0.3, 0.4) is 0 Å². The quantitative estimate of drug-likeness (QED) is 0.114. The van der Waals surface area contributed by atoms with Gasteiger partial charge in [-0.05, 0) is 95.1 Å². The first-order chi connectivity index (χ1) is 27.1. The predicted molar refractivity (Wildman–Crippen MR) is 210 cm³/mol. The number of aliphatic carboxylic acids is 1. The van der Waals surface area contributed by atoms with Gasteiger partial charge in [-0.3, -0.25) is 9.59 Å². The summed E-state index contributed by atoms with van der Waals surface area (Å²) in [6.07, 6.45) is 14.5. The number of carboxylic acid groups (broad SMARTS) is 1. The Kier molecular flexibility index (Phi) is 11.1. The number of aliphatic hydroxyl groups excluding tert-OH is 2. The van der Waals surface area contributed by atoms with Gasteiger partial charge >= 0.3 is 11.9 Å². The van der Waals surface area contributed by atoms with Gasteiger partial charge < -0.3 is 39.8 Å². The molecule has 5 N–H and O–H groups in total. The molecule has 13 unspecified atom stereocenters. The molecule has 4 aliphatic carbocycles. The van der Waals surface area contributed by atoms with Crippen LogP contribution in [0.15, 0.2) is 77.3 Å². The van der Waals surface area contributed by atoms with E-state index in [0.29, 0.717) is 37.8 Å². The standard InChI is InChI=1S/C45H58N2O10/c1-7-27-22-45-39(50)35(42(54)57-45)38(49)44(8-2)28(13-10-9-12-24(3)21-43(45,6)23-30(27)41(52)53)16-17-29-31(44)18-15-25(4)37(29)56-34-20-33(48)36(26(5)55-34)47-40(51)32-14-11-19-46-32/h9-11,14,16-17,19,21,23,25-29,31,33-34,36-37,46,48-49H,7-8,12-13,15,18,20,22H2,1-6H3,(H,47,51)(H,52,53)/b10-9+,24-21+,38-35?. The van der Waals surface area contributed by atoms with E-state index in [1.54, 1.807) is 38.3 Å². The Morgan fingerprint density at radius 3 is 2.54 bits per heavy atom. The fourth-order valence-corrected chi connectivity index (χ4v) is 11.3. The first-order valence-corrected chi connectivity index (χ1v) is 20.7. The molecule has 57 heavy (non-hydrogen) atoms. The van der Waals surface area contributed by atoms with Crippen molar-refractivity contribution in [1.82, 2.24) is 10.3 Å². The minimum absolute atomic E-state index is 0.0107. The van der Waals surface area contributed by atoms with Crippen molar-refractivity contribution in [2.45, 2.75) is 129 Å². The SMILES string of the molecule is CCC1CC23OC(=O)C(=C(O)C4(CC)C(C=CC5C(OC6CC(O)C(NC(=O)c7ccc[nH]7)C(C)O6)C(C)CCC54)C/C=C/C/C(C)=C/C2(C)C=C1C(=O)O)C3=O. The molecule has 2 aliphatic heterocycles. The van der Waals surface area contributed by atoms with Gasteiger partial charge in [0.1, 0.15) is 17.0 Å². The summed E-state index contributed by atoms with van der Waals surface area (Å²) in [4.78, 5) is 57.6. The molecule has 2 bridgehead atoms. The first-order valence-electron chi connectivity index (χ1n) is 20.7. The third-order valence-electron chi connectivity index (χ3n) is 14.3. The summed E-state index contributed by atoms with van der Waals surface area (Å²) in [5.74, 6) is -4.35. The van der Waals surface area contributed by atoms with Crippen molar-refractivity contribution < 1.29 is 48.7 Å². The largest absolute Gasteiger partial charge is 0.511 e. The van der Waals surface area contributed by atoms with Crippen LogP contribution in [0.2, 0.25) is 0 Å². The number of Topliss-reactive ketones (excluding diaryl/α,β-unsaturated/α-hetero) is 1. The maximum Gasteiger partial charge on any atom is 0.346 e. The van der Waals surface area contributed by atoms with Crippen LogP contribution in [0.5, 0.6) is 0 Å². The summed E-state index contributed by atoms with van der Waals surface area (Å²) >= 11 is 0. The maximum atomic E-state index is 15.1. The van der Waals surface area contributed by atoms with Crippen molar-refractivity contribution in [3.63, 3.8) is 0 Å². The number of esters is 1. The molecule has 308 valence electrons. The summed E-state index contributed by atoms with van der Waals surface area (Å²) in [6.45, 7) is 11.5. The van der Waals surface area contributed by atoms with Gasteiger partial charge in [-0.1, -0.05) is 62.8 Å². The van der Waals surface area contributed by atoms with Crippen LogP contribution in [0.25, 0.3) is 0 Å². The predicted octanol–water partition coefficient (Wildman–Crippen LogP) is 6.66. The van der Waals surface area contributed by atoms with Gasteiger partial charge in [-0.2, -0.15) is 0 Å². The van der Waals surface area contributed by atoms with Crippen molar-refractivity contribution in [3.05, 3.63) is 83.0 Å². The van der Waals surface area contributed by atoms with Gasteiger partial charge in [0.25, 0.3) is 5.91 Å². The lowest BCUT2D eigenvalue weighted by Gasteiger charge is -2.55. The number of hydrogen-bond donors (Lipinski definition) is 5. The third-order valence-corrected chi connectivity index (χ3v) is 14.3. The molecule has 13 atom stereocenters. The van der Waals surface area contributed by atoms with E-state index in [1.165, 1.54) is 0 Å². The molecule has 3 fully saturated rings. The normalized spacial score (nSPS) is 42.1. The number of aromatic nitrogens is 1. The smallest absolute Gasteiger partial charge is 0.346 e. The second-order valence-electron chi connectivity index (χ2n) is 17.5. The minimum Gasteiger partial charge on any atom is -0.511 e. The van der Waals surface area contributed by atoms with Crippen molar-refractivity contribution >= 4 is 23.6 Å². The minimum atomic E-state index is -1.73. The van der Waals surface area contributed by atoms with E-state index in [2.05, 4.69) is 41.5 Å². The molecular weight excluding hydrogens is 728 g/mol. The number of ether oxygens (including phenoxy) is 3. The number of carboxylic acids is 1. The van der Waals surface area contributed by atoms with E-state index in [4.69, 9.17) is 14.2 Å². The van der Waals surface area contributed by atoms with E-state index in [9.17, 15) is 29.7 Å². The fraction of sp³-hybridized carbons (Fsp3) is 0.600. The van der Waals surface area contributed by atoms with Crippen molar-refractivity contribution in [2.24, 2.45) is 40.4 Å². The number of rotatable bonds is 7. The Morgan fingerprint density at radius 2 is 1.88 bits per heavy atom. The number of H-pyrrole nitrogens is 1. The topological polar surface area (TPSA) is 184 Å². The molecule has 2 saturated heterocycles. The average molecular weight is 787 g/mol. The number of aliphatic hydroxyl groups is 2. The molecule has 0 aromatic carbocycles. The molecule has 1 aromatic heterocycles. The number of carbonyl (C=O) groups excluding carboxylic acids is 3. The van der Waals surface area contributed by atoms with Crippen LogP contribution in [0, 0.1) is 40.4 Å². The van der Waals surface area contributed by atoms with Crippen molar-refractivity contribution in [3.8, 4) is 0 Å². The Morgan fingerprint density at radius 1 is 1.11 bits per heavy atom. The number of fused-ring (bicyclic) bond motifs is 4. The highest BCUT2D eigenvalue weighted by Gasteiger charge is 2.67. The number of aromatic amines is 1. The number of amides is 1. The van der Waals surface area contributed by atoms with Gasteiger partial charge in [-0.15, -0.1) is 0 Å². The highest BCUT2D eigenvalue weighted by Crippen LogP contribution is 2.61. The lowest BCUT2D eigenvalue weighted by atomic mass is 9.51. The van der Waals surface area contributed by atoms with Gasteiger partial charge in [0.05, 0.1) is 29.8 Å². The van der Waals surface area contributed by atoms with Crippen LogP contribution in [-0.2, 0) is 28.6 Å². The van der Waals surface area contributed by atoms with Gasteiger partial charge in [0.2, 0.25) is 5.78 Å². The highest BCUT2D eigenvalue weighted by atomic mass is 16.7. The fourth-order valence-electron chi connectivity index (χ4n) is 11.3. The number of nitrogens with one attached hydrogen (secondary N) is 2. The monoisotopic (exact) mass is 786 g/mol. The van der Waals surface area contributed by atoms with E-state index < -0.39 is 64.6 Å².